The van der Waals surface area contributed by atoms with Gasteiger partial charge in [-0.05, 0) is 23.8 Å². The molecule has 0 bridgehead atoms. The van der Waals surface area contributed by atoms with E-state index in [2.05, 4.69) is 21.1 Å². The summed E-state index contributed by atoms with van der Waals surface area (Å²) >= 11 is 9.56. The van der Waals surface area contributed by atoms with Crippen molar-refractivity contribution in [2.45, 2.75) is 0 Å². The Kier molecular flexibility index (Phi) is 3.51. The number of rotatable bonds is 2. The van der Waals surface area contributed by atoms with Gasteiger partial charge in [0.1, 0.15) is 5.69 Å². The zero-order chi connectivity index (χ0) is 14.1. The number of hydrogen-bond donors (Lipinski definition) is 1. The van der Waals surface area contributed by atoms with Crippen LogP contribution in [0.3, 0.4) is 0 Å². The van der Waals surface area contributed by atoms with Crippen LogP contribution >= 0.6 is 27.5 Å². The Morgan fingerprint density at radius 2 is 1.85 bits per heavy atom. The Bertz CT molecular complexity index is 756. The van der Waals surface area contributed by atoms with Gasteiger partial charge in [0.2, 0.25) is 5.88 Å². The Morgan fingerprint density at radius 1 is 1.10 bits per heavy atom. The van der Waals surface area contributed by atoms with Crippen LogP contribution in [0.5, 0.6) is 0 Å². The van der Waals surface area contributed by atoms with Gasteiger partial charge in [-0.1, -0.05) is 63.0 Å². The molecule has 0 saturated carbocycles. The minimum absolute atomic E-state index is 0.290. The topological polar surface area (TPSA) is 52.0 Å². The molecule has 0 aliphatic rings. The molecular weight excluding hydrogens is 340 g/mol. The van der Waals surface area contributed by atoms with Crippen molar-refractivity contribution in [2.75, 3.05) is 5.73 Å². The Labute approximate surface area is 129 Å². The van der Waals surface area contributed by atoms with Gasteiger partial charge in [0.25, 0.3) is 0 Å². The molecule has 20 heavy (non-hydrogen) atoms. The second-order valence-corrected chi connectivity index (χ2v) is 5.55. The van der Waals surface area contributed by atoms with Crippen LogP contribution in [0, 0.1) is 0 Å². The average molecular weight is 350 g/mol. The lowest BCUT2D eigenvalue weighted by molar-refractivity contribution is 0.439. The van der Waals surface area contributed by atoms with Crippen molar-refractivity contribution in [1.29, 1.82) is 0 Å². The van der Waals surface area contributed by atoms with Gasteiger partial charge >= 0.3 is 0 Å². The minimum Gasteiger partial charge on any atom is -0.367 e. The van der Waals surface area contributed by atoms with Gasteiger partial charge in [-0.2, -0.15) is 0 Å². The van der Waals surface area contributed by atoms with Gasteiger partial charge in [0.15, 0.2) is 0 Å². The third-order valence-corrected chi connectivity index (χ3v) is 3.89. The summed E-state index contributed by atoms with van der Waals surface area (Å²) in [5.74, 6) is 0.290. The zero-order valence-electron chi connectivity index (χ0n) is 10.3. The van der Waals surface area contributed by atoms with Crippen LogP contribution in [-0.4, -0.2) is 5.16 Å². The quantitative estimate of drug-likeness (QED) is 0.708. The van der Waals surface area contributed by atoms with E-state index >= 15 is 0 Å². The highest BCUT2D eigenvalue weighted by Gasteiger charge is 2.19. The highest BCUT2D eigenvalue weighted by Crippen LogP contribution is 2.39. The van der Waals surface area contributed by atoms with Crippen molar-refractivity contribution >= 4 is 33.4 Å². The van der Waals surface area contributed by atoms with Gasteiger partial charge in [0, 0.05) is 15.1 Å². The largest absolute Gasteiger partial charge is 0.367 e. The fourth-order valence-corrected chi connectivity index (χ4v) is 2.66. The first-order valence-corrected chi connectivity index (χ1v) is 7.10. The molecule has 0 saturated heterocycles. The van der Waals surface area contributed by atoms with Crippen molar-refractivity contribution in [3.05, 3.63) is 58.0 Å². The predicted molar refractivity (Wildman–Crippen MR) is 84.5 cm³/mol. The van der Waals surface area contributed by atoms with E-state index in [1.54, 1.807) is 6.07 Å². The fraction of sp³-hybridized carbons (Fsp3) is 0. The van der Waals surface area contributed by atoms with E-state index in [4.69, 9.17) is 21.9 Å². The van der Waals surface area contributed by atoms with Crippen molar-refractivity contribution in [1.82, 2.24) is 5.16 Å². The maximum atomic E-state index is 6.06. The zero-order valence-corrected chi connectivity index (χ0v) is 12.6. The molecule has 3 nitrogen and oxygen atoms in total. The summed E-state index contributed by atoms with van der Waals surface area (Å²) in [5.41, 5.74) is 9.16. The van der Waals surface area contributed by atoms with E-state index in [-0.39, 0.29) is 5.88 Å². The second kappa shape index (κ2) is 5.31. The molecule has 0 unspecified atom stereocenters. The van der Waals surface area contributed by atoms with Crippen LogP contribution in [-0.2, 0) is 0 Å². The van der Waals surface area contributed by atoms with Crippen molar-refractivity contribution < 1.29 is 4.52 Å². The fourth-order valence-electron chi connectivity index (χ4n) is 2.05. The van der Waals surface area contributed by atoms with Crippen LogP contribution in [0.1, 0.15) is 0 Å². The number of anilines is 1. The molecule has 0 aliphatic carbocycles. The molecule has 0 atom stereocenters. The Balaban J connectivity index is 2.24. The first-order chi connectivity index (χ1) is 9.66. The van der Waals surface area contributed by atoms with Gasteiger partial charge in [0.05, 0.1) is 5.56 Å². The lowest BCUT2D eigenvalue weighted by atomic mass is 10.0. The lowest BCUT2D eigenvalue weighted by Crippen LogP contribution is -1.88. The van der Waals surface area contributed by atoms with Crippen molar-refractivity contribution in [2.24, 2.45) is 0 Å². The van der Waals surface area contributed by atoms with Gasteiger partial charge < -0.3 is 10.3 Å². The number of benzene rings is 2. The molecule has 3 rings (SSSR count). The highest BCUT2D eigenvalue weighted by molar-refractivity contribution is 9.10. The summed E-state index contributed by atoms with van der Waals surface area (Å²) in [6.07, 6.45) is 0. The third-order valence-electron chi connectivity index (χ3n) is 2.96. The summed E-state index contributed by atoms with van der Waals surface area (Å²) in [6, 6.07) is 15.3. The average Bonchev–Trinajstić information content (AvgIpc) is 2.84. The van der Waals surface area contributed by atoms with Crippen LogP contribution < -0.4 is 5.73 Å². The molecule has 0 radical (unpaired) electrons. The minimum atomic E-state index is 0.290. The molecule has 2 N–H and O–H groups in total. The van der Waals surface area contributed by atoms with Crippen LogP contribution in [0.15, 0.2) is 57.5 Å². The van der Waals surface area contributed by atoms with Crippen molar-refractivity contribution in [3.63, 3.8) is 0 Å². The SMILES string of the molecule is Nc1onc(-c2cc(Cl)ccc2Br)c1-c1ccccc1. The maximum absolute atomic E-state index is 6.06. The highest BCUT2D eigenvalue weighted by atomic mass is 79.9. The van der Waals surface area contributed by atoms with E-state index in [1.165, 1.54) is 0 Å². The molecule has 2 aromatic carbocycles. The van der Waals surface area contributed by atoms with Crippen LogP contribution in [0.4, 0.5) is 5.88 Å². The van der Waals surface area contributed by atoms with Crippen LogP contribution in [0.2, 0.25) is 5.02 Å². The monoisotopic (exact) mass is 348 g/mol. The standard InChI is InChI=1S/C15H10BrClN2O/c16-12-7-6-10(17)8-11(12)14-13(15(18)20-19-14)9-4-2-1-3-5-9/h1-8H,18H2. The van der Waals surface area contributed by atoms with E-state index in [1.807, 2.05) is 42.5 Å². The number of nitrogens with zero attached hydrogens (tertiary/aromatic N) is 1. The van der Waals surface area contributed by atoms with Gasteiger partial charge in [-0.15, -0.1) is 0 Å². The number of aromatic nitrogens is 1. The Morgan fingerprint density at radius 3 is 2.60 bits per heavy atom. The maximum Gasteiger partial charge on any atom is 0.230 e. The van der Waals surface area contributed by atoms with E-state index in [9.17, 15) is 0 Å². The number of halogens is 2. The number of nitrogen functional groups attached to an aromatic ring is 1. The molecule has 5 heteroatoms. The first kappa shape index (κ1) is 13.2. The number of nitrogens with two attached hydrogens (primary N) is 1. The molecular formula is C15H10BrClN2O. The predicted octanol–water partition coefficient (Wildman–Crippen LogP) is 5.01. The summed E-state index contributed by atoms with van der Waals surface area (Å²) in [5, 5.41) is 4.70. The molecule has 1 heterocycles. The molecule has 100 valence electrons. The van der Waals surface area contributed by atoms with E-state index < -0.39 is 0 Å². The van der Waals surface area contributed by atoms with Crippen molar-refractivity contribution in [3.8, 4) is 22.4 Å². The summed E-state index contributed by atoms with van der Waals surface area (Å²) < 4.78 is 6.05. The summed E-state index contributed by atoms with van der Waals surface area (Å²) in [4.78, 5) is 0. The summed E-state index contributed by atoms with van der Waals surface area (Å²) in [7, 11) is 0. The molecule has 1 aromatic heterocycles. The van der Waals surface area contributed by atoms with Crippen LogP contribution in [0.25, 0.3) is 22.4 Å². The molecule has 3 aromatic rings. The smallest absolute Gasteiger partial charge is 0.230 e. The lowest BCUT2D eigenvalue weighted by Gasteiger charge is -2.05. The number of hydrogen-bond acceptors (Lipinski definition) is 3. The molecule has 0 spiro atoms. The molecule has 0 aliphatic heterocycles. The normalized spacial score (nSPS) is 10.7. The van der Waals surface area contributed by atoms with Gasteiger partial charge in [-0.25, -0.2) is 0 Å². The molecule has 0 fully saturated rings. The first-order valence-electron chi connectivity index (χ1n) is 5.93. The van der Waals surface area contributed by atoms with E-state index in [0.717, 1.165) is 21.2 Å². The van der Waals surface area contributed by atoms with E-state index in [0.29, 0.717) is 10.7 Å². The Hall–Kier alpha value is -1.78. The second-order valence-electron chi connectivity index (χ2n) is 4.26. The summed E-state index contributed by atoms with van der Waals surface area (Å²) in [6.45, 7) is 0. The van der Waals surface area contributed by atoms with Gasteiger partial charge in [-0.3, -0.25) is 0 Å². The molecule has 0 amide bonds. The third kappa shape index (κ3) is 2.32.